The Hall–Kier alpha value is -1.95. The highest BCUT2D eigenvalue weighted by Crippen LogP contribution is 2.21. The first-order chi connectivity index (χ1) is 9.45. The number of nitrogens with zero attached hydrogens (tertiary/aromatic N) is 1. The maximum absolute atomic E-state index is 13.3. The largest absolute Gasteiger partial charge is 0.381 e. The van der Waals surface area contributed by atoms with Crippen molar-refractivity contribution in [3.8, 4) is 0 Å². The summed E-state index contributed by atoms with van der Waals surface area (Å²) in [6.07, 6.45) is 0. The number of anilines is 1. The van der Waals surface area contributed by atoms with E-state index in [9.17, 15) is 14.5 Å². The summed E-state index contributed by atoms with van der Waals surface area (Å²) in [6, 6.07) is 9.29. The van der Waals surface area contributed by atoms with Gasteiger partial charge in [0.05, 0.1) is 11.0 Å². The van der Waals surface area contributed by atoms with Crippen molar-refractivity contribution in [3.63, 3.8) is 0 Å². The van der Waals surface area contributed by atoms with Crippen molar-refractivity contribution in [3.05, 3.63) is 67.9 Å². The number of nitrogens with one attached hydrogen (secondary N) is 1. The van der Waals surface area contributed by atoms with Crippen molar-refractivity contribution < 1.29 is 9.31 Å². The first-order valence-electron chi connectivity index (χ1n) is 5.89. The van der Waals surface area contributed by atoms with Crippen molar-refractivity contribution in [2.75, 3.05) is 5.32 Å². The Bertz CT molecular complexity index is 662. The van der Waals surface area contributed by atoms with E-state index < -0.39 is 10.7 Å². The molecule has 4 nitrogen and oxygen atoms in total. The fraction of sp³-hybridized carbons (Fsp3) is 0.143. The predicted octanol–water partition coefficient (Wildman–Crippen LogP) is 4.42. The van der Waals surface area contributed by atoms with Gasteiger partial charge < -0.3 is 5.32 Å². The Balaban J connectivity index is 2.14. The molecule has 0 aliphatic rings. The van der Waals surface area contributed by atoms with E-state index in [1.165, 1.54) is 12.1 Å². The Morgan fingerprint density at radius 2 is 2.05 bits per heavy atom. The molecule has 0 aromatic heterocycles. The SMILES string of the molecule is Cc1cc(NCc2cc(F)cc([N+](=O)[O-])c2)ccc1Br. The van der Waals surface area contributed by atoms with Gasteiger partial charge in [0.1, 0.15) is 5.82 Å². The summed E-state index contributed by atoms with van der Waals surface area (Å²) in [6.45, 7) is 2.28. The molecule has 0 aliphatic carbocycles. The van der Waals surface area contributed by atoms with Gasteiger partial charge in [0.25, 0.3) is 5.69 Å². The molecule has 2 rings (SSSR count). The lowest BCUT2D eigenvalue weighted by atomic mass is 10.1. The van der Waals surface area contributed by atoms with Crippen LogP contribution in [0, 0.1) is 22.9 Å². The Kier molecular flexibility index (Phi) is 4.34. The van der Waals surface area contributed by atoms with Crippen molar-refractivity contribution in [2.45, 2.75) is 13.5 Å². The van der Waals surface area contributed by atoms with Crippen LogP contribution in [0.4, 0.5) is 15.8 Å². The van der Waals surface area contributed by atoms with Crippen LogP contribution in [0.25, 0.3) is 0 Å². The minimum atomic E-state index is -0.608. The van der Waals surface area contributed by atoms with Crippen molar-refractivity contribution in [1.82, 2.24) is 0 Å². The zero-order valence-electron chi connectivity index (χ0n) is 10.7. The number of non-ortho nitro benzene ring substituents is 1. The van der Waals surface area contributed by atoms with Crippen molar-refractivity contribution >= 4 is 27.3 Å². The molecule has 0 bridgehead atoms. The quantitative estimate of drug-likeness (QED) is 0.663. The third kappa shape index (κ3) is 3.54. The molecule has 0 unspecified atom stereocenters. The molecule has 0 amide bonds. The molecule has 0 saturated heterocycles. The van der Waals surface area contributed by atoms with E-state index in [4.69, 9.17) is 0 Å². The summed E-state index contributed by atoms with van der Waals surface area (Å²) in [4.78, 5) is 10.1. The summed E-state index contributed by atoms with van der Waals surface area (Å²) in [5.41, 5.74) is 2.23. The minimum Gasteiger partial charge on any atom is -0.381 e. The summed E-state index contributed by atoms with van der Waals surface area (Å²) >= 11 is 3.41. The maximum atomic E-state index is 13.3. The number of aryl methyl sites for hydroxylation is 1. The van der Waals surface area contributed by atoms with Gasteiger partial charge in [-0.3, -0.25) is 10.1 Å². The predicted molar refractivity (Wildman–Crippen MR) is 79.3 cm³/mol. The highest BCUT2D eigenvalue weighted by molar-refractivity contribution is 9.10. The Morgan fingerprint density at radius 1 is 1.30 bits per heavy atom. The average molecular weight is 339 g/mol. The second kappa shape index (κ2) is 6.00. The van der Waals surface area contributed by atoms with Gasteiger partial charge in [-0.2, -0.15) is 0 Å². The van der Waals surface area contributed by atoms with Crippen LogP contribution in [0.5, 0.6) is 0 Å². The van der Waals surface area contributed by atoms with Crippen LogP contribution in [-0.4, -0.2) is 4.92 Å². The topological polar surface area (TPSA) is 55.2 Å². The van der Waals surface area contributed by atoms with E-state index in [1.54, 1.807) is 0 Å². The summed E-state index contributed by atoms with van der Waals surface area (Å²) in [5.74, 6) is -0.608. The molecule has 0 fully saturated rings. The lowest BCUT2D eigenvalue weighted by Crippen LogP contribution is -2.01. The Morgan fingerprint density at radius 3 is 2.70 bits per heavy atom. The molecule has 20 heavy (non-hydrogen) atoms. The van der Waals surface area contributed by atoms with E-state index >= 15 is 0 Å². The molecule has 0 aliphatic heterocycles. The number of rotatable bonds is 4. The molecule has 0 saturated carbocycles. The fourth-order valence-electron chi connectivity index (χ4n) is 1.80. The van der Waals surface area contributed by atoms with Gasteiger partial charge in [-0.25, -0.2) is 4.39 Å². The van der Waals surface area contributed by atoms with Crippen LogP contribution < -0.4 is 5.32 Å². The van der Waals surface area contributed by atoms with Crippen LogP contribution in [0.1, 0.15) is 11.1 Å². The molecule has 6 heteroatoms. The molecular weight excluding hydrogens is 327 g/mol. The second-order valence-electron chi connectivity index (χ2n) is 4.39. The third-order valence-electron chi connectivity index (χ3n) is 2.81. The summed E-state index contributed by atoms with van der Waals surface area (Å²) in [7, 11) is 0. The normalized spacial score (nSPS) is 10.3. The van der Waals surface area contributed by atoms with Crippen LogP contribution in [-0.2, 0) is 6.54 Å². The van der Waals surface area contributed by atoms with Crippen LogP contribution in [0.15, 0.2) is 40.9 Å². The molecule has 2 aromatic carbocycles. The standard InChI is InChI=1S/C14H12BrFN2O2/c1-9-4-12(2-3-14(9)15)17-8-10-5-11(16)7-13(6-10)18(19)20/h2-7,17H,8H2,1H3. The maximum Gasteiger partial charge on any atom is 0.272 e. The van der Waals surface area contributed by atoms with Gasteiger partial charge in [-0.05, 0) is 42.3 Å². The van der Waals surface area contributed by atoms with Gasteiger partial charge in [-0.1, -0.05) is 15.9 Å². The van der Waals surface area contributed by atoms with Gasteiger partial charge in [0.15, 0.2) is 0 Å². The lowest BCUT2D eigenvalue weighted by Gasteiger charge is -2.08. The summed E-state index contributed by atoms with van der Waals surface area (Å²) in [5, 5.41) is 13.8. The number of nitro groups is 1. The highest BCUT2D eigenvalue weighted by atomic mass is 79.9. The first-order valence-corrected chi connectivity index (χ1v) is 6.69. The molecule has 0 heterocycles. The van der Waals surface area contributed by atoms with E-state index in [0.717, 1.165) is 21.8 Å². The second-order valence-corrected chi connectivity index (χ2v) is 5.25. The molecule has 104 valence electrons. The van der Waals surface area contributed by atoms with Gasteiger partial charge in [0.2, 0.25) is 0 Å². The van der Waals surface area contributed by atoms with E-state index in [2.05, 4.69) is 21.2 Å². The number of benzene rings is 2. The number of nitro benzene ring substituents is 1. The lowest BCUT2D eigenvalue weighted by molar-refractivity contribution is -0.385. The van der Waals surface area contributed by atoms with E-state index in [0.29, 0.717) is 12.1 Å². The zero-order valence-corrected chi connectivity index (χ0v) is 12.3. The van der Waals surface area contributed by atoms with Crippen LogP contribution in [0.3, 0.4) is 0 Å². The van der Waals surface area contributed by atoms with Gasteiger partial charge in [-0.15, -0.1) is 0 Å². The van der Waals surface area contributed by atoms with Crippen LogP contribution in [0.2, 0.25) is 0 Å². The monoisotopic (exact) mass is 338 g/mol. The van der Waals surface area contributed by atoms with Crippen LogP contribution >= 0.6 is 15.9 Å². The third-order valence-corrected chi connectivity index (χ3v) is 3.70. The Labute approximate surface area is 123 Å². The number of hydrogen-bond donors (Lipinski definition) is 1. The molecule has 0 atom stereocenters. The highest BCUT2D eigenvalue weighted by Gasteiger charge is 2.09. The molecule has 2 aromatic rings. The van der Waals surface area contributed by atoms with Gasteiger partial charge >= 0.3 is 0 Å². The minimum absolute atomic E-state index is 0.242. The molecule has 0 spiro atoms. The fourth-order valence-corrected chi connectivity index (χ4v) is 2.05. The molecular formula is C14H12BrFN2O2. The van der Waals surface area contributed by atoms with E-state index in [-0.39, 0.29) is 5.69 Å². The smallest absolute Gasteiger partial charge is 0.272 e. The zero-order chi connectivity index (χ0) is 14.7. The molecule has 1 N–H and O–H groups in total. The number of hydrogen-bond acceptors (Lipinski definition) is 3. The van der Waals surface area contributed by atoms with E-state index in [1.807, 2.05) is 25.1 Å². The summed E-state index contributed by atoms with van der Waals surface area (Å²) < 4.78 is 14.3. The van der Waals surface area contributed by atoms with Crippen molar-refractivity contribution in [2.24, 2.45) is 0 Å². The average Bonchev–Trinajstić information content (AvgIpc) is 2.39. The first kappa shape index (κ1) is 14.5. The number of halogens is 2. The molecule has 0 radical (unpaired) electrons. The van der Waals surface area contributed by atoms with Crippen molar-refractivity contribution in [1.29, 1.82) is 0 Å². The van der Waals surface area contributed by atoms with Gasteiger partial charge in [0, 0.05) is 22.8 Å².